The van der Waals surface area contributed by atoms with E-state index in [0.29, 0.717) is 11.6 Å². The van der Waals surface area contributed by atoms with Gasteiger partial charge in [-0.05, 0) is 37.7 Å². The first-order chi connectivity index (χ1) is 12.1. The third kappa shape index (κ3) is 3.11. The molecule has 3 aromatic heterocycles. The molecule has 7 heteroatoms. The van der Waals surface area contributed by atoms with Crippen molar-refractivity contribution < 1.29 is 4.79 Å². The van der Waals surface area contributed by atoms with Crippen LogP contribution in [-0.2, 0) is 6.42 Å². The average Bonchev–Trinajstić information content (AvgIpc) is 3.17. The number of pyridine rings is 1. The highest BCUT2D eigenvalue weighted by molar-refractivity contribution is 7.15. The normalized spacial score (nSPS) is 15.8. The van der Waals surface area contributed by atoms with Crippen molar-refractivity contribution in [2.75, 3.05) is 13.1 Å². The quantitative estimate of drug-likeness (QED) is 0.784. The highest BCUT2D eigenvalue weighted by Crippen LogP contribution is 2.24. The Balaban J connectivity index is 1.42. The Bertz CT molecular complexity index is 943. The summed E-state index contributed by atoms with van der Waals surface area (Å²) in [6, 6.07) is 3.46. The maximum absolute atomic E-state index is 12.9. The highest BCUT2D eigenvalue weighted by atomic mass is 32.1. The Labute approximate surface area is 149 Å². The number of aromatic amines is 1. The van der Waals surface area contributed by atoms with Crippen molar-refractivity contribution in [1.29, 1.82) is 0 Å². The monoisotopic (exact) mass is 356 g/mol. The smallest absolute Gasteiger partial charge is 0.272 e. The fourth-order valence-corrected chi connectivity index (χ4v) is 4.30. The summed E-state index contributed by atoms with van der Waals surface area (Å²) in [4.78, 5) is 34.1. The van der Waals surface area contributed by atoms with Crippen molar-refractivity contribution >= 4 is 22.2 Å². The number of imidazole rings is 1. The second-order valence-electron chi connectivity index (χ2n) is 6.60. The molecule has 4 heterocycles. The summed E-state index contributed by atoms with van der Waals surface area (Å²) in [7, 11) is 0. The summed E-state index contributed by atoms with van der Waals surface area (Å²) in [5, 5.41) is 1.95. The van der Waals surface area contributed by atoms with Crippen LogP contribution in [0.2, 0.25) is 0 Å². The van der Waals surface area contributed by atoms with Gasteiger partial charge in [-0.2, -0.15) is 0 Å². The lowest BCUT2D eigenvalue weighted by Gasteiger charge is -2.32. The Morgan fingerprint density at radius 2 is 2.16 bits per heavy atom. The topological polar surface area (TPSA) is 70.5 Å². The average molecular weight is 356 g/mol. The molecule has 0 spiro atoms. The van der Waals surface area contributed by atoms with E-state index >= 15 is 0 Å². The fraction of sp³-hybridized carbons (Fsp3) is 0.389. The lowest BCUT2D eigenvalue weighted by atomic mass is 9.90. The number of aromatic nitrogens is 3. The molecule has 1 fully saturated rings. The lowest BCUT2D eigenvalue weighted by Crippen LogP contribution is -2.39. The number of fused-ring (bicyclic) bond motifs is 1. The minimum atomic E-state index is -0.0694. The molecule has 1 saturated heterocycles. The van der Waals surface area contributed by atoms with Crippen LogP contribution in [0, 0.1) is 12.8 Å². The number of carbonyl (C=O) groups is 1. The van der Waals surface area contributed by atoms with Crippen molar-refractivity contribution in [2.45, 2.75) is 26.2 Å². The summed E-state index contributed by atoms with van der Waals surface area (Å²) in [5.74, 6) is 0.619. The highest BCUT2D eigenvalue weighted by Gasteiger charge is 2.27. The summed E-state index contributed by atoms with van der Waals surface area (Å²) < 4.78 is 1.90. The maximum Gasteiger partial charge on any atom is 0.272 e. The number of nitrogens with one attached hydrogen (secondary N) is 1. The fourth-order valence-electron chi connectivity index (χ4n) is 3.54. The van der Waals surface area contributed by atoms with Crippen LogP contribution >= 0.6 is 11.3 Å². The largest absolute Gasteiger partial charge is 0.337 e. The molecular formula is C18H20N4O2S. The number of rotatable bonds is 3. The molecule has 3 aromatic rings. The molecule has 130 valence electrons. The van der Waals surface area contributed by atoms with Gasteiger partial charge in [0.05, 0.1) is 5.69 Å². The van der Waals surface area contributed by atoms with Crippen LogP contribution < -0.4 is 5.56 Å². The van der Waals surface area contributed by atoms with E-state index < -0.39 is 0 Å². The second-order valence-corrected chi connectivity index (χ2v) is 7.48. The van der Waals surface area contributed by atoms with E-state index in [0.717, 1.165) is 48.6 Å². The molecule has 4 rings (SSSR count). The van der Waals surface area contributed by atoms with E-state index in [1.807, 2.05) is 33.9 Å². The van der Waals surface area contributed by atoms with Crippen LogP contribution in [0.15, 0.2) is 34.7 Å². The molecule has 1 aliphatic rings. The van der Waals surface area contributed by atoms with E-state index in [1.54, 1.807) is 23.6 Å². The Hall–Kier alpha value is -2.41. The number of piperidine rings is 1. The van der Waals surface area contributed by atoms with Crippen molar-refractivity contribution in [1.82, 2.24) is 19.3 Å². The van der Waals surface area contributed by atoms with Crippen LogP contribution in [0.1, 0.15) is 34.6 Å². The number of hydrogen-bond acceptors (Lipinski definition) is 4. The van der Waals surface area contributed by atoms with Gasteiger partial charge in [0.25, 0.3) is 5.91 Å². The van der Waals surface area contributed by atoms with Crippen molar-refractivity contribution in [2.24, 2.45) is 5.92 Å². The molecule has 0 atom stereocenters. The molecule has 0 radical (unpaired) electrons. The second kappa shape index (κ2) is 6.48. The number of hydrogen-bond donors (Lipinski definition) is 1. The Kier molecular flexibility index (Phi) is 4.17. The Morgan fingerprint density at radius 1 is 1.36 bits per heavy atom. The predicted octanol–water partition coefficient (Wildman–Crippen LogP) is 2.49. The molecule has 25 heavy (non-hydrogen) atoms. The summed E-state index contributed by atoms with van der Waals surface area (Å²) in [6.07, 6.45) is 6.61. The van der Waals surface area contributed by atoms with Gasteiger partial charge in [-0.1, -0.05) is 6.07 Å². The van der Waals surface area contributed by atoms with Crippen LogP contribution in [0.4, 0.5) is 0 Å². The van der Waals surface area contributed by atoms with Crippen molar-refractivity contribution in [3.05, 3.63) is 57.2 Å². The van der Waals surface area contributed by atoms with Crippen LogP contribution in [0.3, 0.4) is 0 Å². The molecule has 6 nitrogen and oxygen atoms in total. The molecule has 1 N–H and O–H groups in total. The third-order valence-corrected chi connectivity index (χ3v) is 5.67. The first-order valence-corrected chi connectivity index (χ1v) is 9.39. The molecular weight excluding hydrogens is 336 g/mol. The van der Waals surface area contributed by atoms with E-state index in [4.69, 9.17) is 0 Å². The number of H-pyrrole nitrogens is 1. The summed E-state index contributed by atoms with van der Waals surface area (Å²) >= 11 is 1.54. The van der Waals surface area contributed by atoms with Gasteiger partial charge in [-0.3, -0.25) is 14.0 Å². The molecule has 1 amide bonds. The molecule has 0 aromatic carbocycles. The number of likely N-dealkylation sites (tertiary alicyclic amines) is 1. The van der Waals surface area contributed by atoms with Gasteiger partial charge >= 0.3 is 0 Å². The zero-order valence-corrected chi connectivity index (χ0v) is 14.9. The zero-order valence-electron chi connectivity index (χ0n) is 14.1. The maximum atomic E-state index is 12.9. The van der Waals surface area contributed by atoms with Crippen LogP contribution in [0.5, 0.6) is 0 Å². The molecule has 0 unspecified atom stereocenters. The van der Waals surface area contributed by atoms with Crippen molar-refractivity contribution in [3.63, 3.8) is 0 Å². The van der Waals surface area contributed by atoms with Gasteiger partial charge in [0.15, 0.2) is 4.96 Å². The SMILES string of the molecule is Cc1nc2sccn2c1C(=O)N1CCC(Cc2ccc(=O)[nH]c2)CC1. The van der Waals surface area contributed by atoms with Gasteiger partial charge in [0.1, 0.15) is 5.69 Å². The minimum Gasteiger partial charge on any atom is -0.337 e. The number of amides is 1. The van der Waals surface area contributed by atoms with Gasteiger partial charge < -0.3 is 9.88 Å². The van der Waals surface area contributed by atoms with Crippen LogP contribution in [-0.4, -0.2) is 38.3 Å². The minimum absolute atomic E-state index is 0.0694. The van der Waals surface area contributed by atoms with Gasteiger partial charge in [-0.15, -0.1) is 11.3 Å². The molecule has 0 aliphatic carbocycles. The van der Waals surface area contributed by atoms with Crippen LogP contribution in [0.25, 0.3) is 4.96 Å². The van der Waals surface area contributed by atoms with Gasteiger partial charge in [-0.25, -0.2) is 4.98 Å². The third-order valence-electron chi connectivity index (χ3n) is 4.91. The zero-order chi connectivity index (χ0) is 17.4. The van der Waals surface area contributed by atoms with E-state index in [1.165, 1.54) is 0 Å². The first kappa shape index (κ1) is 16.1. The summed E-state index contributed by atoms with van der Waals surface area (Å²) in [5.41, 5.74) is 2.57. The van der Waals surface area contributed by atoms with Gasteiger partial charge in [0, 0.05) is 36.9 Å². The standard InChI is InChI=1S/C18H20N4O2S/c1-12-16(22-8-9-25-18(22)20-12)17(24)21-6-4-13(5-7-21)10-14-2-3-15(23)19-11-14/h2-3,8-9,11,13H,4-7,10H2,1H3,(H,19,23). The molecule has 0 saturated carbocycles. The number of nitrogens with zero attached hydrogens (tertiary/aromatic N) is 3. The van der Waals surface area contributed by atoms with Gasteiger partial charge in [0.2, 0.25) is 5.56 Å². The Morgan fingerprint density at radius 3 is 2.88 bits per heavy atom. The number of aryl methyl sites for hydroxylation is 1. The van der Waals surface area contributed by atoms with Crippen molar-refractivity contribution in [3.8, 4) is 0 Å². The predicted molar refractivity (Wildman–Crippen MR) is 97.2 cm³/mol. The van der Waals surface area contributed by atoms with E-state index in [-0.39, 0.29) is 11.5 Å². The first-order valence-electron chi connectivity index (χ1n) is 8.51. The number of thiazole rings is 1. The molecule has 1 aliphatic heterocycles. The lowest BCUT2D eigenvalue weighted by molar-refractivity contribution is 0.0683. The summed E-state index contributed by atoms with van der Waals surface area (Å²) in [6.45, 7) is 3.43. The molecule has 0 bridgehead atoms. The number of carbonyl (C=O) groups excluding carboxylic acids is 1. The van der Waals surface area contributed by atoms with E-state index in [2.05, 4.69) is 9.97 Å². The van der Waals surface area contributed by atoms with E-state index in [9.17, 15) is 9.59 Å².